The number of carbonyl (C=O) groups excluding carboxylic acids is 6. The smallest absolute Gasteiger partial charge is 0.338 e. The molecule has 7 rings (SSSR count). The number of Topliss-reactive ketones (excluding diaryl/α,β-unsaturated/α-hetero) is 1. The molecule has 328 valence electrons. The van der Waals surface area contributed by atoms with Gasteiger partial charge >= 0.3 is 23.9 Å². The number of hydrogen-bond donors (Lipinski definition) is 4. The summed E-state index contributed by atoms with van der Waals surface area (Å²) in [6.07, 6.45) is -10.5. The summed E-state index contributed by atoms with van der Waals surface area (Å²) in [6, 6.07) is 22.9. The molecule has 3 aliphatic carbocycles. The maximum Gasteiger partial charge on any atom is 0.338 e. The molecular formula is C47H51NO14. The van der Waals surface area contributed by atoms with Crippen LogP contribution in [-0.2, 0) is 42.9 Å². The summed E-state index contributed by atoms with van der Waals surface area (Å²) in [4.78, 5) is 83.5. The average Bonchev–Trinajstić information content (AvgIpc) is 3.24. The number of amides is 1. The molecule has 1 heterocycles. The monoisotopic (exact) mass is 853 g/mol. The van der Waals surface area contributed by atoms with E-state index in [1.807, 2.05) is 0 Å². The predicted molar refractivity (Wildman–Crippen MR) is 218 cm³/mol. The normalized spacial score (nSPS) is 31.9. The largest absolute Gasteiger partial charge is 0.456 e. The van der Waals surface area contributed by atoms with Crippen molar-refractivity contribution in [3.05, 3.63) is 119 Å². The van der Waals surface area contributed by atoms with Crippen LogP contribution >= 0.6 is 0 Å². The van der Waals surface area contributed by atoms with Crippen molar-refractivity contribution in [1.29, 1.82) is 0 Å². The van der Waals surface area contributed by atoms with Gasteiger partial charge in [-0.25, -0.2) is 9.59 Å². The van der Waals surface area contributed by atoms with E-state index >= 15 is 4.79 Å². The zero-order chi connectivity index (χ0) is 44.9. The molecule has 3 unspecified atom stereocenters. The van der Waals surface area contributed by atoms with Crippen molar-refractivity contribution < 1.29 is 67.8 Å². The van der Waals surface area contributed by atoms with Crippen LogP contribution in [0.5, 0.6) is 0 Å². The second-order valence-electron chi connectivity index (χ2n) is 17.4. The molecule has 4 aliphatic rings. The van der Waals surface area contributed by atoms with Gasteiger partial charge in [0.15, 0.2) is 23.6 Å². The third-order valence-corrected chi connectivity index (χ3v) is 13.5. The van der Waals surface area contributed by atoms with Crippen molar-refractivity contribution in [3.8, 4) is 0 Å². The number of carbonyl (C=O) groups is 6. The molecule has 0 spiro atoms. The molecule has 1 saturated heterocycles. The maximum absolute atomic E-state index is 15.5. The predicted octanol–water partition coefficient (Wildman–Crippen LogP) is 3.74. The number of nitrogens with one attached hydrogen (secondary N) is 1. The lowest BCUT2D eigenvalue weighted by atomic mass is 9.44. The van der Waals surface area contributed by atoms with E-state index in [-0.39, 0.29) is 35.3 Å². The lowest BCUT2D eigenvalue weighted by Gasteiger charge is -2.67. The Morgan fingerprint density at radius 3 is 1.95 bits per heavy atom. The van der Waals surface area contributed by atoms with Gasteiger partial charge in [0.05, 0.1) is 35.6 Å². The molecule has 15 heteroatoms. The molecule has 1 amide bonds. The second-order valence-corrected chi connectivity index (χ2v) is 17.4. The Balaban J connectivity index is 1.39. The van der Waals surface area contributed by atoms with Crippen LogP contribution in [-0.4, -0.2) is 105 Å². The zero-order valence-electron chi connectivity index (χ0n) is 35.2. The first kappa shape index (κ1) is 44.3. The number of fused-ring (bicyclic) bond motifs is 5. The summed E-state index contributed by atoms with van der Waals surface area (Å²) in [5.74, 6) is -6.84. The van der Waals surface area contributed by atoms with Crippen molar-refractivity contribution in [2.45, 2.75) is 108 Å². The summed E-state index contributed by atoms with van der Waals surface area (Å²) >= 11 is 0. The second kappa shape index (κ2) is 16.5. The molecular weight excluding hydrogens is 803 g/mol. The van der Waals surface area contributed by atoms with Crippen molar-refractivity contribution in [1.82, 2.24) is 5.32 Å². The SMILES string of the molecule is CC(=O)O[C@H]1C(=O)[C@@]2(C)[C@H]([C@H](OC(=O)c3ccccc3)[C@]3(O)CC(OC(=O)C(O)C(NC(=O)c4ccccc4)c4ccccc4)C(C)=C1C3(C)C)[C@]1(OC(C)=O)CO[C@@H]1C[C@@H]2O. The van der Waals surface area contributed by atoms with Crippen molar-refractivity contribution in [2.75, 3.05) is 6.61 Å². The number of esters is 4. The number of ketones is 1. The Hall–Kier alpha value is -5.74. The topological polar surface area (TPSA) is 221 Å². The minimum Gasteiger partial charge on any atom is -0.456 e. The summed E-state index contributed by atoms with van der Waals surface area (Å²) in [5, 5.41) is 40.2. The van der Waals surface area contributed by atoms with E-state index in [2.05, 4.69) is 5.32 Å². The molecule has 3 aromatic rings. The highest BCUT2D eigenvalue weighted by Crippen LogP contribution is 2.64. The first-order valence-corrected chi connectivity index (χ1v) is 20.5. The molecule has 1 aliphatic heterocycles. The van der Waals surface area contributed by atoms with Crippen molar-refractivity contribution in [3.63, 3.8) is 0 Å². The maximum atomic E-state index is 15.5. The van der Waals surface area contributed by atoms with Crippen LogP contribution < -0.4 is 5.32 Å². The Labute approximate surface area is 358 Å². The minimum absolute atomic E-state index is 0.00289. The van der Waals surface area contributed by atoms with Gasteiger partial charge in [-0.2, -0.15) is 0 Å². The van der Waals surface area contributed by atoms with Crippen molar-refractivity contribution in [2.24, 2.45) is 16.7 Å². The molecule has 2 bridgehead atoms. The molecule has 0 aromatic heterocycles. The van der Waals surface area contributed by atoms with E-state index in [4.69, 9.17) is 23.7 Å². The van der Waals surface area contributed by atoms with Crippen molar-refractivity contribution >= 4 is 35.6 Å². The number of ether oxygens (including phenoxy) is 5. The number of hydrogen-bond acceptors (Lipinski definition) is 14. The highest BCUT2D eigenvalue weighted by atomic mass is 16.6. The molecule has 2 saturated carbocycles. The lowest BCUT2D eigenvalue weighted by Crippen LogP contribution is -2.82. The number of rotatable bonds is 10. The van der Waals surface area contributed by atoms with Crippen LogP contribution in [0, 0.1) is 16.7 Å². The quantitative estimate of drug-likeness (QED) is 0.130. The highest BCUT2D eigenvalue weighted by Gasteiger charge is 2.78. The number of aliphatic hydroxyl groups is 3. The van der Waals surface area contributed by atoms with E-state index in [0.29, 0.717) is 5.56 Å². The highest BCUT2D eigenvalue weighted by molar-refractivity contribution is 5.96. The summed E-state index contributed by atoms with van der Waals surface area (Å²) in [5.41, 5.74) is -7.02. The fourth-order valence-electron chi connectivity index (χ4n) is 10.2. The molecule has 3 aromatic carbocycles. The molecule has 15 nitrogen and oxygen atoms in total. The van der Waals surface area contributed by atoms with Crippen LogP contribution in [0.1, 0.15) is 86.7 Å². The van der Waals surface area contributed by atoms with Crippen LogP contribution in [0.4, 0.5) is 0 Å². The fourth-order valence-corrected chi connectivity index (χ4v) is 10.2. The van der Waals surface area contributed by atoms with Gasteiger partial charge in [0.2, 0.25) is 0 Å². The van der Waals surface area contributed by atoms with Crippen LogP contribution in [0.15, 0.2) is 102 Å². The Morgan fingerprint density at radius 1 is 0.823 bits per heavy atom. The van der Waals surface area contributed by atoms with E-state index in [9.17, 15) is 39.3 Å². The van der Waals surface area contributed by atoms with E-state index in [1.165, 1.54) is 26.0 Å². The van der Waals surface area contributed by atoms with Gasteiger partial charge in [-0.3, -0.25) is 19.2 Å². The van der Waals surface area contributed by atoms with Gasteiger partial charge in [0, 0.05) is 37.7 Å². The third kappa shape index (κ3) is 7.29. The third-order valence-electron chi connectivity index (χ3n) is 13.5. The first-order chi connectivity index (χ1) is 29.3. The first-order valence-electron chi connectivity index (χ1n) is 20.5. The van der Waals surface area contributed by atoms with Crippen LogP contribution in [0.25, 0.3) is 0 Å². The summed E-state index contributed by atoms with van der Waals surface area (Å²) in [7, 11) is 0. The molecule has 0 radical (unpaired) electrons. The lowest BCUT2D eigenvalue weighted by molar-refractivity contribution is -0.346. The average molecular weight is 854 g/mol. The molecule has 4 N–H and O–H groups in total. The summed E-state index contributed by atoms with van der Waals surface area (Å²) in [6.45, 7) is 7.97. The molecule has 3 fully saturated rings. The molecule has 62 heavy (non-hydrogen) atoms. The van der Waals surface area contributed by atoms with Gasteiger partial charge in [-0.1, -0.05) is 80.6 Å². The van der Waals surface area contributed by atoms with E-state index in [0.717, 1.165) is 13.8 Å². The Bertz CT molecular complexity index is 2280. The van der Waals surface area contributed by atoms with Crippen LogP contribution in [0.2, 0.25) is 0 Å². The number of benzene rings is 3. The van der Waals surface area contributed by atoms with E-state index in [1.54, 1.807) is 92.7 Å². The minimum atomic E-state index is -2.39. The van der Waals surface area contributed by atoms with Gasteiger partial charge in [0.25, 0.3) is 5.91 Å². The van der Waals surface area contributed by atoms with Gasteiger partial charge in [0.1, 0.15) is 23.9 Å². The van der Waals surface area contributed by atoms with Gasteiger partial charge in [-0.15, -0.1) is 0 Å². The zero-order valence-corrected chi connectivity index (χ0v) is 35.2. The van der Waals surface area contributed by atoms with Gasteiger partial charge < -0.3 is 44.3 Å². The number of aliphatic hydroxyl groups excluding tert-OH is 2. The van der Waals surface area contributed by atoms with Crippen LogP contribution in [0.3, 0.4) is 0 Å². The summed E-state index contributed by atoms with van der Waals surface area (Å²) < 4.78 is 30.3. The Morgan fingerprint density at radius 2 is 1.40 bits per heavy atom. The Kier molecular flexibility index (Phi) is 11.8. The molecule has 11 atom stereocenters. The van der Waals surface area contributed by atoms with E-state index < -0.39 is 113 Å². The standard InChI is InChI=1S/C47H51NO14/c1-25-31(60-43(56)36(52)35(28-16-10-7-11-17-28)48-41(54)29-18-12-8-13-19-29)23-47(57)40(61-42(55)30-20-14-9-15-21-30)38-45(6,32(51)22-33-46(38,24-58-33)62-27(3)50)39(53)37(59-26(2)49)34(25)44(47,4)5/h7-21,31-33,35-38,40,51-52,57H,22-24H2,1-6H3,(H,48,54)/t31?,32-,33+,35?,36?,37+,38-,40-,45+,46-,47+/m0/s1. The fraction of sp³-hybridized carbons (Fsp3) is 0.447. The van der Waals surface area contributed by atoms with Gasteiger partial charge in [-0.05, 0) is 54.8 Å².